The first kappa shape index (κ1) is 22.0. The van der Waals surface area contributed by atoms with E-state index in [2.05, 4.69) is 11.5 Å². The van der Waals surface area contributed by atoms with E-state index >= 15 is 0 Å². The maximum atomic E-state index is 9.37. The normalized spacial score (nSPS) is 24.5. The molecule has 5 nitrogen and oxygen atoms in total. The lowest BCUT2D eigenvalue weighted by Crippen LogP contribution is -2.43. The number of nitrogens with zero attached hydrogens (tertiary/aromatic N) is 1. The highest BCUT2D eigenvalue weighted by molar-refractivity contribution is 5.41. The van der Waals surface area contributed by atoms with Crippen LogP contribution in [0.5, 0.6) is 0 Å². The molecule has 0 amide bonds. The zero-order chi connectivity index (χ0) is 21.6. The van der Waals surface area contributed by atoms with Crippen LogP contribution in [0.4, 0.5) is 5.69 Å². The summed E-state index contributed by atoms with van der Waals surface area (Å²) in [6, 6.07) is 16.4. The Balaban J connectivity index is 1.56. The van der Waals surface area contributed by atoms with Crippen molar-refractivity contribution < 1.29 is 14.6 Å². The van der Waals surface area contributed by atoms with E-state index in [9.17, 15) is 5.11 Å². The molecule has 0 aromatic heterocycles. The highest BCUT2D eigenvalue weighted by Crippen LogP contribution is 2.39. The van der Waals surface area contributed by atoms with Gasteiger partial charge in [0.05, 0.1) is 18.8 Å². The largest absolute Gasteiger partial charge is 0.399 e. The van der Waals surface area contributed by atoms with Crippen LogP contribution < -0.4 is 5.73 Å². The van der Waals surface area contributed by atoms with Crippen molar-refractivity contribution in [3.05, 3.63) is 77.9 Å². The molecule has 2 aromatic rings. The van der Waals surface area contributed by atoms with E-state index in [0.29, 0.717) is 11.7 Å². The summed E-state index contributed by atoms with van der Waals surface area (Å²) in [6.07, 6.45) is 7.41. The molecule has 166 valence electrons. The number of ether oxygens (including phenoxy) is 2. The van der Waals surface area contributed by atoms with E-state index in [0.717, 1.165) is 36.2 Å². The number of aliphatic hydroxyl groups is 1. The summed E-state index contributed by atoms with van der Waals surface area (Å²) in [6.45, 7) is 5.76. The number of hydrogen-bond donors (Lipinski definition) is 2. The van der Waals surface area contributed by atoms with E-state index in [1.807, 2.05) is 54.6 Å². The molecule has 31 heavy (non-hydrogen) atoms. The van der Waals surface area contributed by atoms with Gasteiger partial charge in [0, 0.05) is 36.8 Å². The minimum atomic E-state index is -0.459. The van der Waals surface area contributed by atoms with Crippen LogP contribution >= 0.6 is 0 Å². The number of rotatable bonds is 8. The standard InChI is InChI=1S/C26H34N2O3/c1-2-14-28(23-8-3-4-9-23)17-24-16-25(20-12-10-19(18-29)11-13-20)31-26(30-24)21-6-5-7-22(27)15-21/h2,5-7,10-13,15,23-26,29H,1,3-4,8-9,14,16-18,27H2/t24-,25+,26+/m1/s1. The number of hydrogen-bond acceptors (Lipinski definition) is 5. The SMILES string of the molecule is C=CCN(C[C@H]1C[C@@H](c2ccc(CO)cc2)O[C@@H](c2cccc(N)c2)O1)C1CCCC1. The van der Waals surface area contributed by atoms with E-state index in [4.69, 9.17) is 15.2 Å². The van der Waals surface area contributed by atoms with Gasteiger partial charge in [0.15, 0.2) is 6.29 Å². The lowest BCUT2D eigenvalue weighted by molar-refractivity contribution is -0.253. The smallest absolute Gasteiger partial charge is 0.185 e. The fraction of sp³-hybridized carbons (Fsp3) is 0.462. The Morgan fingerprint density at radius 2 is 1.84 bits per heavy atom. The first-order valence-corrected chi connectivity index (χ1v) is 11.4. The van der Waals surface area contributed by atoms with Crippen molar-refractivity contribution in [1.29, 1.82) is 0 Å². The Bertz CT molecular complexity index is 848. The van der Waals surface area contributed by atoms with Gasteiger partial charge in [0.2, 0.25) is 0 Å². The maximum absolute atomic E-state index is 9.37. The maximum Gasteiger partial charge on any atom is 0.185 e. The molecule has 1 heterocycles. The van der Waals surface area contributed by atoms with Gasteiger partial charge in [0.25, 0.3) is 0 Å². The molecular weight excluding hydrogens is 388 g/mol. The van der Waals surface area contributed by atoms with Crippen molar-refractivity contribution in [3.63, 3.8) is 0 Å². The molecule has 0 radical (unpaired) electrons. The first-order valence-electron chi connectivity index (χ1n) is 11.4. The molecule has 2 aliphatic rings. The zero-order valence-corrected chi connectivity index (χ0v) is 18.2. The molecule has 4 rings (SSSR count). The third-order valence-corrected chi connectivity index (χ3v) is 6.44. The second-order valence-corrected chi connectivity index (χ2v) is 8.70. The molecule has 5 heteroatoms. The van der Waals surface area contributed by atoms with Gasteiger partial charge < -0.3 is 20.3 Å². The molecule has 1 aliphatic heterocycles. The summed E-state index contributed by atoms with van der Waals surface area (Å²) >= 11 is 0. The third kappa shape index (κ3) is 5.55. The van der Waals surface area contributed by atoms with Gasteiger partial charge in [-0.25, -0.2) is 0 Å². The average molecular weight is 423 g/mol. The van der Waals surface area contributed by atoms with Crippen LogP contribution in [0.3, 0.4) is 0 Å². The number of nitrogens with two attached hydrogens (primary N) is 1. The number of aliphatic hydroxyl groups excluding tert-OH is 1. The molecule has 3 atom stereocenters. The quantitative estimate of drug-likeness (QED) is 0.475. The predicted molar refractivity (Wildman–Crippen MR) is 123 cm³/mol. The fourth-order valence-electron chi connectivity index (χ4n) is 4.81. The minimum Gasteiger partial charge on any atom is -0.399 e. The number of nitrogen functional groups attached to an aromatic ring is 1. The van der Waals surface area contributed by atoms with Gasteiger partial charge in [-0.3, -0.25) is 4.90 Å². The highest BCUT2D eigenvalue weighted by Gasteiger charge is 2.34. The molecular formula is C26H34N2O3. The summed E-state index contributed by atoms with van der Waals surface area (Å²) in [5.41, 5.74) is 9.68. The molecule has 0 unspecified atom stereocenters. The van der Waals surface area contributed by atoms with Crippen LogP contribution in [0.25, 0.3) is 0 Å². The van der Waals surface area contributed by atoms with Gasteiger partial charge in [-0.2, -0.15) is 0 Å². The van der Waals surface area contributed by atoms with Crippen LogP contribution in [0.15, 0.2) is 61.2 Å². The summed E-state index contributed by atoms with van der Waals surface area (Å²) in [4.78, 5) is 2.53. The van der Waals surface area contributed by atoms with Crippen molar-refractivity contribution in [2.24, 2.45) is 0 Å². The third-order valence-electron chi connectivity index (χ3n) is 6.44. The van der Waals surface area contributed by atoms with Crippen molar-refractivity contribution in [1.82, 2.24) is 4.90 Å². The van der Waals surface area contributed by atoms with Crippen molar-refractivity contribution in [2.75, 3.05) is 18.8 Å². The average Bonchev–Trinajstić information content (AvgIpc) is 3.34. The molecule has 0 bridgehead atoms. The van der Waals surface area contributed by atoms with E-state index in [1.54, 1.807) is 0 Å². The van der Waals surface area contributed by atoms with Crippen LogP contribution in [0.1, 0.15) is 61.2 Å². The van der Waals surface area contributed by atoms with Gasteiger partial charge >= 0.3 is 0 Å². The zero-order valence-electron chi connectivity index (χ0n) is 18.2. The van der Waals surface area contributed by atoms with Crippen molar-refractivity contribution in [3.8, 4) is 0 Å². The van der Waals surface area contributed by atoms with Crippen LogP contribution in [-0.2, 0) is 16.1 Å². The van der Waals surface area contributed by atoms with Crippen LogP contribution in [-0.4, -0.2) is 35.2 Å². The fourth-order valence-corrected chi connectivity index (χ4v) is 4.81. The Hall–Kier alpha value is -2.18. The lowest BCUT2D eigenvalue weighted by atomic mass is 9.99. The molecule has 1 saturated heterocycles. The Labute approximate surface area is 185 Å². The monoisotopic (exact) mass is 422 g/mol. The number of anilines is 1. The summed E-state index contributed by atoms with van der Waals surface area (Å²) in [7, 11) is 0. The molecule has 1 aliphatic carbocycles. The second-order valence-electron chi connectivity index (χ2n) is 8.70. The van der Waals surface area contributed by atoms with E-state index < -0.39 is 6.29 Å². The second kappa shape index (κ2) is 10.4. The highest BCUT2D eigenvalue weighted by atomic mass is 16.7. The molecule has 2 aromatic carbocycles. The van der Waals surface area contributed by atoms with Crippen LogP contribution in [0.2, 0.25) is 0 Å². The van der Waals surface area contributed by atoms with E-state index in [-0.39, 0.29) is 18.8 Å². The Kier molecular flexibility index (Phi) is 7.41. The van der Waals surface area contributed by atoms with E-state index in [1.165, 1.54) is 25.7 Å². The topological polar surface area (TPSA) is 68.0 Å². The molecule has 1 saturated carbocycles. The predicted octanol–water partition coefficient (Wildman–Crippen LogP) is 4.74. The van der Waals surface area contributed by atoms with Crippen molar-refractivity contribution >= 4 is 5.69 Å². The van der Waals surface area contributed by atoms with Crippen LogP contribution in [0, 0.1) is 0 Å². The van der Waals surface area contributed by atoms with Gasteiger partial charge in [0.1, 0.15) is 0 Å². The molecule has 0 spiro atoms. The summed E-state index contributed by atoms with van der Waals surface area (Å²) in [5.74, 6) is 0. The summed E-state index contributed by atoms with van der Waals surface area (Å²) < 4.78 is 12.9. The van der Waals surface area contributed by atoms with Gasteiger partial charge in [-0.05, 0) is 36.1 Å². The molecule has 3 N–H and O–H groups in total. The Morgan fingerprint density at radius 3 is 2.52 bits per heavy atom. The number of benzene rings is 2. The lowest BCUT2D eigenvalue weighted by Gasteiger charge is -2.39. The molecule has 2 fully saturated rings. The Morgan fingerprint density at radius 1 is 1.06 bits per heavy atom. The van der Waals surface area contributed by atoms with Crippen molar-refractivity contribution in [2.45, 2.75) is 63.3 Å². The minimum absolute atomic E-state index is 0.0430. The van der Waals surface area contributed by atoms with Gasteiger partial charge in [-0.1, -0.05) is 55.3 Å². The van der Waals surface area contributed by atoms with Gasteiger partial charge in [-0.15, -0.1) is 6.58 Å². The first-order chi connectivity index (χ1) is 15.2. The summed E-state index contributed by atoms with van der Waals surface area (Å²) in [5, 5.41) is 9.37.